The molecule has 0 saturated carbocycles. The number of carbonyl (C=O) groups excluding carboxylic acids is 1. The molecule has 2 rings (SSSR count). The van der Waals surface area contributed by atoms with Crippen LogP contribution in [-0.2, 0) is 0 Å². The maximum atomic E-state index is 12.5. The van der Waals surface area contributed by atoms with E-state index in [4.69, 9.17) is 0 Å². The number of phenols is 1. The number of phenolic OH excluding ortho intramolecular Hbond substituents is 1. The van der Waals surface area contributed by atoms with Gasteiger partial charge in [0.1, 0.15) is 11.5 Å². The molecule has 5 nitrogen and oxygen atoms in total. The lowest BCUT2D eigenvalue weighted by Crippen LogP contribution is -2.31. The van der Waals surface area contributed by atoms with Crippen LogP contribution in [-0.4, -0.2) is 27.6 Å². The fourth-order valence-corrected chi connectivity index (χ4v) is 2.00. The molecule has 2 aromatic rings. The molecule has 5 heteroatoms. The van der Waals surface area contributed by atoms with Crippen molar-refractivity contribution in [2.45, 2.75) is 13.8 Å². The molecule has 0 aliphatic carbocycles. The Hall–Kier alpha value is -2.56. The van der Waals surface area contributed by atoms with Crippen molar-refractivity contribution in [3.05, 3.63) is 47.8 Å². The number of rotatable bonds is 3. The monoisotopic (exact) mass is 272 g/mol. The summed E-state index contributed by atoms with van der Waals surface area (Å²) in [5.41, 5.74) is 1.45. The van der Waals surface area contributed by atoms with Gasteiger partial charge in [0.2, 0.25) is 0 Å². The van der Waals surface area contributed by atoms with E-state index in [9.17, 15) is 15.0 Å². The first-order valence-corrected chi connectivity index (χ1v) is 6.30. The van der Waals surface area contributed by atoms with Crippen LogP contribution < -0.4 is 4.90 Å². The molecule has 1 aromatic carbocycles. The van der Waals surface area contributed by atoms with Gasteiger partial charge in [0.05, 0.1) is 5.69 Å². The summed E-state index contributed by atoms with van der Waals surface area (Å²) < 4.78 is 0. The van der Waals surface area contributed by atoms with Crippen LogP contribution in [0.25, 0.3) is 0 Å². The first-order chi connectivity index (χ1) is 9.54. The molecule has 0 saturated heterocycles. The van der Waals surface area contributed by atoms with E-state index in [1.54, 1.807) is 18.2 Å². The number of anilines is 1. The number of hydrogen-bond acceptors (Lipinski definition) is 4. The van der Waals surface area contributed by atoms with Gasteiger partial charge < -0.3 is 15.1 Å². The highest BCUT2D eigenvalue weighted by atomic mass is 16.3. The van der Waals surface area contributed by atoms with Crippen LogP contribution in [0.1, 0.15) is 23.0 Å². The Labute approximate surface area is 117 Å². The zero-order valence-electron chi connectivity index (χ0n) is 11.4. The molecule has 1 heterocycles. The number of nitrogens with zero attached hydrogens (tertiary/aromatic N) is 2. The lowest BCUT2D eigenvalue weighted by atomic mass is 10.1. The molecule has 0 fully saturated rings. The predicted molar refractivity (Wildman–Crippen MR) is 76.1 cm³/mol. The smallest absolute Gasteiger partial charge is 0.280 e. The molecule has 2 N–H and O–H groups in total. The summed E-state index contributed by atoms with van der Waals surface area (Å²) in [7, 11) is 0. The minimum Gasteiger partial charge on any atom is -0.508 e. The van der Waals surface area contributed by atoms with E-state index in [1.807, 2.05) is 13.8 Å². The maximum Gasteiger partial charge on any atom is 0.280 e. The van der Waals surface area contributed by atoms with Gasteiger partial charge in [0, 0.05) is 18.8 Å². The molecule has 0 aliphatic rings. The lowest BCUT2D eigenvalue weighted by molar-refractivity contribution is 0.0980. The standard InChI is InChI=1S/C15H16N2O3/c1-3-17(12-9-11(18)7-6-10(12)2)15(20)14-13(19)5-4-8-16-14/h4-9,18-19H,3H2,1-2H3. The Morgan fingerprint density at radius 3 is 2.70 bits per heavy atom. The number of benzene rings is 1. The van der Waals surface area contributed by atoms with E-state index in [0.717, 1.165) is 5.56 Å². The minimum atomic E-state index is -0.403. The van der Waals surface area contributed by atoms with Crippen molar-refractivity contribution in [3.63, 3.8) is 0 Å². The Morgan fingerprint density at radius 1 is 1.30 bits per heavy atom. The Bertz CT molecular complexity index is 641. The predicted octanol–water partition coefficient (Wildman–Crippen LogP) is 2.47. The number of aromatic nitrogens is 1. The van der Waals surface area contributed by atoms with E-state index in [0.29, 0.717) is 12.2 Å². The van der Waals surface area contributed by atoms with Gasteiger partial charge in [-0.15, -0.1) is 0 Å². The van der Waals surface area contributed by atoms with Crippen LogP contribution in [0.4, 0.5) is 5.69 Å². The summed E-state index contributed by atoms with van der Waals surface area (Å²) in [6.45, 7) is 4.07. The SMILES string of the molecule is CCN(C(=O)c1ncccc1O)c1cc(O)ccc1C. The number of hydrogen-bond donors (Lipinski definition) is 2. The quantitative estimate of drug-likeness (QED) is 0.900. The van der Waals surface area contributed by atoms with Gasteiger partial charge in [-0.2, -0.15) is 0 Å². The fourth-order valence-electron chi connectivity index (χ4n) is 2.00. The number of amides is 1. The number of aryl methyl sites for hydroxylation is 1. The maximum absolute atomic E-state index is 12.5. The summed E-state index contributed by atoms with van der Waals surface area (Å²) >= 11 is 0. The highest BCUT2D eigenvalue weighted by molar-refractivity contribution is 6.06. The van der Waals surface area contributed by atoms with Gasteiger partial charge in [-0.1, -0.05) is 6.07 Å². The second-order valence-electron chi connectivity index (χ2n) is 4.39. The van der Waals surface area contributed by atoms with Crippen LogP contribution in [0.15, 0.2) is 36.5 Å². The van der Waals surface area contributed by atoms with Crippen molar-refractivity contribution < 1.29 is 15.0 Å². The molecule has 0 spiro atoms. The summed E-state index contributed by atoms with van der Waals surface area (Å²) in [5.74, 6) is -0.477. The third-order valence-corrected chi connectivity index (χ3v) is 3.03. The topological polar surface area (TPSA) is 73.7 Å². The van der Waals surface area contributed by atoms with E-state index in [-0.39, 0.29) is 17.2 Å². The zero-order valence-corrected chi connectivity index (χ0v) is 11.4. The zero-order chi connectivity index (χ0) is 14.7. The van der Waals surface area contributed by atoms with Gasteiger partial charge in [0.25, 0.3) is 5.91 Å². The molecular weight excluding hydrogens is 256 g/mol. The van der Waals surface area contributed by atoms with E-state index < -0.39 is 5.91 Å². The Balaban J connectivity index is 2.45. The third-order valence-electron chi connectivity index (χ3n) is 3.03. The highest BCUT2D eigenvalue weighted by Crippen LogP contribution is 2.27. The average Bonchev–Trinajstić information content (AvgIpc) is 2.44. The second kappa shape index (κ2) is 5.61. The highest BCUT2D eigenvalue weighted by Gasteiger charge is 2.21. The van der Waals surface area contributed by atoms with Crippen LogP contribution >= 0.6 is 0 Å². The van der Waals surface area contributed by atoms with Crippen LogP contribution in [0, 0.1) is 6.92 Å². The van der Waals surface area contributed by atoms with Crippen molar-refractivity contribution in [1.82, 2.24) is 4.98 Å². The lowest BCUT2D eigenvalue weighted by Gasteiger charge is -2.23. The van der Waals surface area contributed by atoms with E-state index in [1.165, 1.54) is 23.2 Å². The molecule has 1 amide bonds. The summed E-state index contributed by atoms with van der Waals surface area (Å²) in [6, 6.07) is 7.80. The largest absolute Gasteiger partial charge is 0.508 e. The van der Waals surface area contributed by atoms with E-state index >= 15 is 0 Å². The summed E-state index contributed by atoms with van der Waals surface area (Å²) in [5, 5.41) is 19.3. The van der Waals surface area contributed by atoms with Gasteiger partial charge in [-0.25, -0.2) is 4.98 Å². The number of carbonyl (C=O) groups is 1. The van der Waals surface area contributed by atoms with Crippen molar-refractivity contribution in [2.75, 3.05) is 11.4 Å². The molecule has 1 aromatic heterocycles. The second-order valence-corrected chi connectivity index (χ2v) is 4.39. The Morgan fingerprint density at radius 2 is 2.05 bits per heavy atom. The molecule has 0 aliphatic heterocycles. The molecule has 0 atom stereocenters. The van der Waals surface area contributed by atoms with Crippen LogP contribution in [0.2, 0.25) is 0 Å². The molecule has 0 radical (unpaired) electrons. The minimum absolute atomic E-state index is 0.00269. The van der Waals surface area contributed by atoms with Gasteiger partial charge in [0.15, 0.2) is 5.69 Å². The molecule has 20 heavy (non-hydrogen) atoms. The third kappa shape index (κ3) is 2.56. The van der Waals surface area contributed by atoms with Crippen LogP contribution in [0.5, 0.6) is 11.5 Å². The number of pyridine rings is 1. The molecular formula is C15H16N2O3. The van der Waals surface area contributed by atoms with Crippen molar-refractivity contribution in [2.24, 2.45) is 0 Å². The Kier molecular flexibility index (Phi) is 3.89. The van der Waals surface area contributed by atoms with Crippen LogP contribution in [0.3, 0.4) is 0 Å². The van der Waals surface area contributed by atoms with E-state index in [2.05, 4.69) is 4.98 Å². The first-order valence-electron chi connectivity index (χ1n) is 6.30. The normalized spacial score (nSPS) is 10.3. The summed E-state index contributed by atoms with van der Waals surface area (Å²) in [4.78, 5) is 17.9. The van der Waals surface area contributed by atoms with Crippen molar-refractivity contribution in [3.8, 4) is 11.5 Å². The average molecular weight is 272 g/mol. The number of aromatic hydroxyl groups is 2. The van der Waals surface area contributed by atoms with Gasteiger partial charge >= 0.3 is 0 Å². The van der Waals surface area contributed by atoms with Gasteiger partial charge in [-0.3, -0.25) is 4.79 Å². The summed E-state index contributed by atoms with van der Waals surface area (Å²) in [6.07, 6.45) is 1.45. The first kappa shape index (κ1) is 13.9. The molecule has 0 unspecified atom stereocenters. The molecule has 0 bridgehead atoms. The van der Waals surface area contributed by atoms with Gasteiger partial charge in [-0.05, 0) is 37.6 Å². The molecule has 104 valence electrons. The van der Waals surface area contributed by atoms with Crippen molar-refractivity contribution >= 4 is 11.6 Å². The fraction of sp³-hybridized carbons (Fsp3) is 0.200. The van der Waals surface area contributed by atoms with Crippen molar-refractivity contribution in [1.29, 1.82) is 0 Å².